The summed E-state index contributed by atoms with van der Waals surface area (Å²) in [6.45, 7) is 1.45. The van der Waals surface area contributed by atoms with Crippen molar-refractivity contribution in [1.29, 1.82) is 0 Å². The summed E-state index contributed by atoms with van der Waals surface area (Å²) in [6, 6.07) is 8.07. The fraction of sp³-hybridized carbons (Fsp3) is 0.562. The van der Waals surface area contributed by atoms with E-state index in [1.54, 1.807) is 0 Å². The molecule has 1 unspecified atom stereocenters. The Kier molecular flexibility index (Phi) is 5.49. The van der Waals surface area contributed by atoms with Gasteiger partial charge in [-0.1, -0.05) is 12.1 Å². The van der Waals surface area contributed by atoms with E-state index in [0.717, 1.165) is 25.0 Å². The van der Waals surface area contributed by atoms with Crippen LogP contribution >= 0.6 is 23.5 Å². The Labute approximate surface area is 134 Å². The molecule has 3 nitrogen and oxygen atoms in total. The number of rotatable bonds is 4. The lowest BCUT2D eigenvalue weighted by Gasteiger charge is -2.21. The second-order valence-corrected chi connectivity index (χ2v) is 8.12. The zero-order chi connectivity index (χ0) is 14.5. The van der Waals surface area contributed by atoms with Crippen molar-refractivity contribution in [1.82, 2.24) is 5.32 Å². The largest absolute Gasteiger partial charge is 0.376 e. The molecule has 2 heterocycles. The highest BCUT2D eigenvalue weighted by molar-refractivity contribution is 8.16. The van der Waals surface area contributed by atoms with E-state index < -0.39 is 0 Å². The van der Waals surface area contributed by atoms with Crippen molar-refractivity contribution in [2.24, 2.45) is 0 Å². The minimum Gasteiger partial charge on any atom is -0.376 e. The molecule has 3 rings (SSSR count). The summed E-state index contributed by atoms with van der Waals surface area (Å²) in [6.07, 6.45) is 3.65. The first-order chi connectivity index (χ1) is 10.3. The predicted molar refractivity (Wildman–Crippen MR) is 90.0 cm³/mol. The quantitative estimate of drug-likeness (QED) is 0.921. The molecule has 1 aromatic carbocycles. The third kappa shape index (κ3) is 4.18. The van der Waals surface area contributed by atoms with E-state index in [1.165, 1.54) is 23.5 Å². The smallest absolute Gasteiger partial charge is 0.251 e. The maximum absolute atomic E-state index is 12.1. The van der Waals surface area contributed by atoms with E-state index in [2.05, 4.69) is 17.4 Å². The van der Waals surface area contributed by atoms with Crippen molar-refractivity contribution in [2.75, 3.05) is 24.7 Å². The highest BCUT2D eigenvalue weighted by atomic mass is 32.2. The van der Waals surface area contributed by atoms with Gasteiger partial charge in [0.15, 0.2) is 0 Å². The van der Waals surface area contributed by atoms with Crippen LogP contribution in [0.1, 0.15) is 39.8 Å². The van der Waals surface area contributed by atoms with Crippen LogP contribution in [0, 0.1) is 0 Å². The van der Waals surface area contributed by atoms with Gasteiger partial charge in [0.05, 0.1) is 10.7 Å². The van der Waals surface area contributed by atoms with Crippen molar-refractivity contribution in [3.05, 3.63) is 35.4 Å². The van der Waals surface area contributed by atoms with E-state index >= 15 is 0 Å². The van der Waals surface area contributed by atoms with E-state index in [0.29, 0.717) is 11.1 Å². The fourth-order valence-corrected chi connectivity index (χ4v) is 5.48. The molecule has 2 fully saturated rings. The molecule has 114 valence electrons. The zero-order valence-electron chi connectivity index (χ0n) is 12.0. The average Bonchev–Trinajstić information content (AvgIpc) is 3.07. The second kappa shape index (κ2) is 7.56. The molecule has 0 bridgehead atoms. The molecule has 0 radical (unpaired) electrons. The van der Waals surface area contributed by atoms with Gasteiger partial charge in [-0.25, -0.2) is 0 Å². The monoisotopic (exact) mass is 323 g/mol. The topological polar surface area (TPSA) is 38.3 Å². The summed E-state index contributed by atoms with van der Waals surface area (Å²) in [7, 11) is 0. The van der Waals surface area contributed by atoms with Crippen LogP contribution < -0.4 is 5.32 Å². The molecular formula is C16H21NO2S2. The van der Waals surface area contributed by atoms with Crippen LogP contribution in [0.25, 0.3) is 0 Å². The Morgan fingerprint density at radius 1 is 1.19 bits per heavy atom. The molecule has 2 aliphatic heterocycles. The van der Waals surface area contributed by atoms with Gasteiger partial charge in [-0.3, -0.25) is 4.79 Å². The Morgan fingerprint density at radius 2 is 1.95 bits per heavy atom. The van der Waals surface area contributed by atoms with Crippen LogP contribution in [0.5, 0.6) is 0 Å². The molecule has 5 heteroatoms. The van der Waals surface area contributed by atoms with Crippen LogP contribution in [0.3, 0.4) is 0 Å². The molecule has 0 spiro atoms. The Balaban J connectivity index is 1.54. The van der Waals surface area contributed by atoms with Crippen molar-refractivity contribution >= 4 is 29.4 Å². The molecule has 1 N–H and O–H groups in total. The molecule has 1 aromatic rings. The molecule has 1 amide bonds. The van der Waals surface area contributed by atoms with Crippen LogP contribution in [-0.4, -0.2) is 36.7 Å². The Morgan fingerprint density at radius 3 is 2.62 bits per heavy atom. The number of nitrogens with one attached hydrogen (secondary N) is 1. The van der Waals surface area contributed by atoms with Gasteiger partial charge in [-0.15, -0.1) is 23.5 Å². The zero-order valence-corrected chi connectivity index (χ0v) is 13.7. The normalized spacial score (nSPS) is 23.1. The number of thioether (sulfide) groups is 2. The van der Waals surface area contributed by atoms with Gasteiger partial charge in [0.2, 0.25) is 0 Å². The predicted octanol–water partition coefficient (Wildman–Crippen LogP) is 3.46. The second-order valence-electron chi connectivity index (χ2n) is 5.39. The molecule has 21 heavy (non-hydrogen) atoms. The summed E-state index contributed by atoms with van der Waals surface area (Å²) < 4.78 is 6.05. The number of hydrogen-bond donors (Lipinski definition) is 1. The summed E-state index contributed by atoms with van der Waals surface area (Å²) in [4.78, 5) is 12.1. The van der Waals surface area contributed by atoms with Gasteiger partial charge in [-0.05, 0) is 48.5 Å². The molecule has 1 atom stereocenters. The van der Waals surface area contributed by atoms with Crippen LogP contribution in [-0.2, 0) is 4.74 Å². The maximum Gasteiger partial charge on any atom is 0.251 e. The first kappa shape index (κ1) is 15.3. The lowest BCUT2D eigenvalue weighted by Crippen LogP contribution is -2.31. The summed E-state index contributed by atoms with van der Waals surface area (Å²) in [5, 5.41) is 2.97. The summed E-state index contributed by atoms with van der Waals surface area (Å²) >= 11 is 4.01. The van der Waals surface area contributed by atoms with Crippen molar-refractivity contribution in [3.8, 4) is 0 Å². The standard InChI is InChI=1S/C16H21NO2S2/c18-15(17-11-14-3-1-8-19-14)12-4-6-13(7-5-12)16-20-9-2-10-21-16/h4-7,14,16H,1-3,8-11H2,(H,17,18). The number of amides is 1. The van der Waals surface area contributed by atoms with Gasteiger partial charge >= 0.3 is 0 Å². The van der Waals surface area contributed by atoms with Gasteiger partial charge in [0, 0.05) is 18.7 Å². The van der Waals surface area contributed by atoms with Crippen molar-refractivity contribution < 1.29 is 9.53 Å². The van der Waals surface area contributed by atoms with E-state index in [4.69, 9.17) is 4.74 Å². The first-order valence-electron chi connectivity index (χ1n) is 7.56. The van der Waals surface area contributed by atoms with Crippen LogP contribution in [0.2, 0.25) is 0 Å². The van der Waals surface area contributed by atoms with Gasteiger partial charge in [0.25, 0.3) is 5.91 Å². The maximum atomic E-state index is 12.1. The Bertz CT molecular complexity index is 466. The molecule has 0 aliphatic carbocycles. The highest BCUT2D eigenvalue weighted by Crippen LogP contribution is 2.43. The Hall–Kier alpha value is -0.650. The van der Waals surface area contributed by atoms with Gasteiger partial charge in [-0.2, -0.15) is 0 Å². The molecule has 0 aromatic heterocycles. The number of carbonyl (C=O) groups is 1. The lowest BCUT2D eigenvalue weighted by atomic mass is 10.1. The average molecular weight is 323 g/mol. The van der Waals surface area contributed by atoms with E-state index in [1.807, 2.05) is 35.7 Å². The fourth-order valence-electron chi connectivity index (χ4n) is 2.59. The first-order valence-corrected chi connectivity index (χ1v) is 9.65. The number of ether oxygens (including phenoxy) is 1. The van der Waals surface area contributed by atoms with Crippen molar-refractivity contribution in [3.63, 3.8) is 0 Å². The van der Waals surface area contributed by atoms with Crippen molar-refractivity contribution in [2.45, 2.75) is 29.9 Å². The minimum atomic E-state index is 0.000926. The lowest BCUT2D eigenvalue weighted by molar-refractivity contribution is 0.0858. The van der Waals surface area contributed by atoms with Gasteiger partial charge < -0.3 is 10.1 Å². The SMILES string of the molecule is O=C(NCC1CCCO1)c1ccc(C2SCCCS2)cc1. The number of benzene rings is 1. The van der Waals surface area contributed by atoms with Crippen LogP contribution in [0.4, 0.5) is 0 Å². The summed E-state index contributed by atoms with van der Waals surface area (Å²) in [5.74, 6) is 2.48. The van der Waals surface area contributed by atoms with Gasteiger partial charge in [0.1, 0.15) is 0 Å². The third-order valence-corrected chi connectivity index (χ3v) is 6.80. The molecular weight excluding hydrogens is 302 g/mol. The van der Waals surface area contributed by atoms with Crippen LogP contribution in [0.15, 0.2) is 24.3 Å². The minimum absolute atomic E-state index is 0.000926. The molecule has 2 aliphatic rings. The van der Waals surface area contributed by atoms with E-state index in [-0.39, 0.29) is 12.0 Å². The number of hydrogen-bond acceptors (Lipinski definition) is 4. The highest BCUT2D eigenvalue weighted by Gasteiger charge is 2.18. The van der Waals surface area contributed by atoms with E-state index in [9.17, 15) is 4.79 Å². The third-order valence-electron chi connectivity index (χ3n) is 3.79. The number of carbonyl (C=O) groups excluding carboxylic acids is 1. The summed E-state index contributed by atoms with van der Waals surface area (Å²) in [5.41, 5.74) is 2.06. The molecule has 2 saturated heterocycles. The molecule has 0 saturated carbocycles.